The van der Waals surface area contributed by atoms with E-state index in [4.69, 9.17) is 14.9 Å². The summed E-state index contributed by atoms with van der Waals surface area (Å²) in [6.45, 7) is 3.14. The van der Waals surface area contributed by atoms with Crippen LogP contribution in [-0.2, 0) is 16.1 Å². The molecule has 1 N–H and O–H groups in total. The van der Waals surface area contributed by atoms with Crippen LogP contribution in [0.3, 0.4) is 0 Å². The van der Waals surface area contributed by atoms with Gasteiger partial charge in [0.1, 0.15) is 12.4 Å². The highest BCUT2D eigenvalue weighted by Gasteiger charge is 2.25. The highest BCUT2D eigenvalue weighted by molar-refractivity contribution is 5.83. The first-order valence-corrected chi connectivity index (χ1v) is 11.2. The van der Waals surface area contributed by atoms with E-state index in [2.05, 4.69) is 16.8 Å². The Balaban J connectivity index is 1.54. The van der Waals surface area contributed by atoms with Crippen molar-refractivity contribution in [3.8, 4) is 22.4 Å². The van der Waals surface area contributed by atoms with E-state index in [1.165, 1.54) is 12.1 Å². The van der Waals surface area contributed by atoms with Gasteiger partial charge in [-0.25, -0.2) is 9.18 Å². The van der Waals surface area contributed by atoms with Crippen LogP contribution in [-0.4, -0.2) is 34.1 Å². The molecule has 1 aliphatic rings. The molecule has 6 heteroatoms. The van der Waals surface area contributed by atoms with Crippen LogP contribution in [0, 0.1) is 24.6 Å². The Bertz CT molecular complexity index is 1040. The third-order valence-corrected chi connectivity index (χ3v) is 6.28. The van der Waals surface area contributed by atoms with Crippen molar-refractivity contribution in [2.75, 3.05) is 13.2 Å². The lowest BCUT2D eigenvalue weighted by atomic mass is 9.82. The van der Waals surface area contributed by atoms with Gasteiger partial charge in [0.05, 0.1) is 18.0 Å². The number of hydrogen-bond donors (Lipinski definition) is 1. The van der Waals surface area contributed by atoms with Gasteiger partial charge >= 0.3 is 5.97 Å². The van der Waals surface area contributed by atoms with Crippen LogP contribution in [0.2, 0.25) is 0 Å². The molecule has 0 spiro atoms. The number of ether oxygens (including phenoxy) is 1. The summed E-state index contributed by atoms with van der Waals surface area (Å²) in [4.78, 5) is 10.6. The van der Waals surface area contributed by atoms with Crippen LogP contribution in [0.15, 0.2) is 54.6 Å². The number of benzene rings is 2. The number of hydrogen-bond acceptors (Lipinski definition) is 3. The smallest absolute Gasteiger partial charge is 0.329 e. The van der Waals surface area contributed by atoms with Crippen molar-refractivity contribution in [1.29, 1.82) is 0 Å². The number of aliphatic carboxylic acids is 1. The molecule has 1 heterocycles. The number of aromatic nitrogens is 2. The minimum Gasteiger partial charge on any atom is -0.480 e. The summed E-state index contributed by atoms with van der Waals surface area (Å²) >= 11 is 0. The lowest BCUT2D eigenvalue weighted by Gasteiger charge is -2.28. The molecule has 1 fully saturated rings. The minimum absolute atomic E-state index is 0.223. The maximum Gasteiger partial charge on any atom is 0.329 e. The van der Waals surface area contributed by atoms with Crippen LogP contribution in [0.4, 0.5) is 4.39 Å². The molecular weight excluding hydrogens is 407 g/mol. The van der Waals surface area contributed by atoms with E-state index in [9.17, 15) is 9.18 Å². The summed E-state index contributed by atoms with van der Waals surface area (Å²) in [7, 11) is 0. The molecule has 0 amide bonds. The number of carboxylic acid groups (broad SMARTS) is 1. The first-order chi connectivity index (χ1) is 15.5. The van der Waals surface area contributed by atoms with E-state index in [1.54, 1.807) is 0 Å². The predicted molar refractivity (Wildman–Crippen MR) is 122 cm³/mol. The average molecular weight is 437 g/mol. The zero-order chi connectivity index (χ0) is 22.5. The molecule has 0 radical (unpaired) electrons. The van der Waals surface area contributed by atoms with Gasteiger partial charge in [0, 0.05) is 17.7 Å². The maximum absolute atomic E-state index is 13.5. The Hall–Kier alpha value is -2.99. The molecule has 1 aromatic heterocycles. The number of carbonyl (C=O) groups is 1. The molecule has 2 aromatic carbocycles. The van der Waals surface area contributed by atoms with Crippen molar-refractivity contribution in [2.45, 2.75) is 39.2 Å². The van der Waals surface area contributed by atoms with Crippen LogP contribution in [0.1, 0.15) is 31.4 Å². The third-order valence-electron chi connectivity index (χ3n) is 6.28. The van der Waals surface area contributed by atoms with E-state index >= 15 is 0 Å². The van der Waals surface area contributed by atoms with Gasteiger partial charge in [0.25, 0.3) is 0 Å². The fraction of sp³-hybridized carbons (Fsp3) is 0.385. The summed E-state index contributed by atoms with van der Waals surface area (Å²) < 4.78 is 20.9. The summed E-state index contributed by atoms with van der Waals surface area (Å²) in [6.07, 6.45) is 4.21. The van der Waals surface area contributed by atoms with E-state index < -0.39 is 5.97 Å². The average Bonchev–Trinajstić information content (AvgIpc) is 3.11. The fourth-order valence-corrected chi connectivity index (χ4v) is 4.70. The quantitative estimate of drug-likeness (QED) is 0.501. The van der Waals surface area contributed by atoms with Crippen LogP contribution < -0.4 is 0 Å². The number of aryl methyl sites for hydroxylation is 1. The highest BCUT2D eigenvalue weighted by atomic mass is 19.1. The lowest BCUT2D eigenvalue weighted by Crippen LogP contribution is -2.23. The molecule has 0 unspecified atom stereocenters. The molecule has 168 valence electrons. The molecule has 0 bridgehead atoms. The van der Waals surface area contributed by atoms with Crippen molar-refractivity contribution in [1.82, 2.24) is 9.78 Å². The lowest BCUT2D eigenvalue weighted by molar-refractivity contribution is -0.142. The van der Waals surface area contributed by atoms with Crippen molar-refractivity contribution in [2.24, 2.45) is 11.8 Å². The molecule has 3 aromatic rings. The highest BCUT2D eigenvalue weighted by Crippen LogP contribution is 2.37. The molecule has 5 nitrogen and oxygen atoms in total. The first kappa shape index (κ1) is 22.2. The van der Waals surface area contributed by atoms with Gasteiger partial charge in [-0.1, -0.05) is 42.5 Å². The number of carboxylic acids is 1. The Morgan fingerprint density at radius 2 is 1.69 bits per heavy atom. The van der Waals surface area contributed by atoms with Gasteiger partial charge < -0.3 is 9.84 Å². The Kier molecular flexibility index (Phi) is 7.00. The van der Waals surface area contributed by atoms with E-state index in [1.807, 2.05) is 37.3 Å². The largest absolute Gasteiger partial charge is 0.480 e. The summed E-state index contributed by atoms with van der Waals surface area (Å²) in [5.74, 6) is -0.232. The topological polar surface area (TPSA) is 64.4 Å². The van der Waals surface area contributed by atoms with E-state index in [0.29, 0.717) is 18.4 Å². The van der Waals surface area contributed by atoms with E-state index in [-0.39, 0.29) is 12.4 Å². The molecule has 4 rings (SSSR count). The zero-order valence-electron chi connectivity index (χ0n) is 18.3. The zero-order valence-corrected chi connectivity index (χ0v) is 18.3. The van der Waals surface area contributed by atoms with Crippen molar-refractivity contribution >= 4 is 5.97 Å². The predicted octanol–water partition coefficient (Wildman–Crippen LogP) is 5.57. The van der Waals surface area contributed by atoms with Gasteiger partial charge in [0.2, 0.25) is 0 Å². The first-order valence-electron chi connectivity index (χ1n) is 11.2. The van der Waals surface area contributed by atoms with Gasteiger partial charge in [-0.3, -0.25) is 4.68 Å². The summed E-state index contributed by atoms with van der Waals surface area (Å²) in [6, 6.07) is 16.9. The second kappa shape index (κ2) is 10.1. The van der Waals surface area contributed by atoms with Crippen LogP contribution >= 0.6 is 0 Å². The van der Waals surface area contributed by atoms with Crippen molar-refractivity contribution in [3.05, 3.63) is 66.1 Å². The Labute approximate surface area is 187 Å². The molecule has 0 saturated heterocycles. The second-order valence-electron chi connectivity index (χ2n) is 8.66. The molecule has 32 heavy (non-hydrogen) atoms. The Morgan fingerprint density at radius 3 is 2.34 bits per heavy atom. The van der Waals surface area contributed by atoms with Gasteiger partial charge in [-0.15, -0.1) is 0 Å². The van der Waals surface area contributed by atoms with Gasteiger partial charge in [-0.05, 0) is 62.1 Å². The van der Waals surface area contributed by atoms with Crippen LogP contribution in [0.25, 0.3) is 22.4 Å². The number of rotatable bonds is 8. The van der Waals surface area contributed by atoms with Gasteiger partial charge in [-0.2, -0.15) is 5.10 Å². The number of nitrogens with zero attached hydrogens (tertiary/aromatic N) is 2. The van der Waals surface area contributed by atoms with Crippen molar-refractivity contribution in [3.63, 3.8) is 0 Å². The monoisotopic (exact) mass is 436 g/mol. The fourth-order valence-electron chi connectivity index (χ4n) is 4.70. The SMILES string of the molecule is Cc1nn(C[C@H]2CC[C@H](COCC(=O)O)CC2)c(-c2ccccc2)c1-c1ccc(F)cc1. The number of halogens is 1. The van der Waals surface area contributed by atoms with E-state index in [0.717, 1.165) is 60.3 Å². The Morgan fingerprint density at radius 1 is 1.03 bits per heavy atom. The molecule has 0 atom stereocenters. The maximum atomic E-state index is 13.5. The molecule has 1 saturated carbocycles. The third kappa shape index (κ3) is 5.25. The minimum atomic E-state index is -0.918. The summed E-state index contributed by atoms with van der Waals surface area (Å²) in [5.41, 5.74) is 5.12. The standard InChI is InChI=1S/C26H29FN2O3/c1-18-25(21-11-13-23(27)14-12-21)26(22-5-3-2-4-6-22)29(28-18)15-19-7-9-20(10-8-19)16-32-17-24(30)31/h2-6,11-14,19-20H,7-10,15-17H2,1H3,(H,30,31)/t19-,20-. The van der Waals surface area contributed by atoms with Gasteiger partial charge in [0.15, 0.2) is 0 Å². The summed E-state index contributed by atoms with van der Waals surface area (Å²) in [5, 5.41) is 13.6. The van der Waals surface area contributed by atoms with Crippen molar-refractivity contribution < 1.29 is 19.0 Å². The molecular formula is C26H29FN2O3. The molecule has 0 aliphatic heterocycles. The second-order valence-corrected chi connectivity index (χ2v) is 8.66. The normalized spacial score (nSPS) is 18.6. The molecule has 1 aliphatic carbocycles. The van der Waals surface area contributed by atoms with Crippen LogP contribution in [0.5, 0.6) is 0 Å².